The maximum atomic E-state index is 2.40. The largest absolute Gasteiger partial charge is 0.0623 e. The highest BCUT2D eigenvalue weighted by Crippen LogP contribution is 2.24. The first-order valence-corrected chi connectivity index (χ1v) is 8.32. The molecular formula is C17H16Si. The van der Waals surface area contributed by atoms with Crippen LogP contribution in [-0.4, -0.2) is 13.6 Å². The Morgan fingerprint density at radius 2 is 1.50 bits per heavy atom. The van der Waals surface area contributed by atoms with Crippen LogP contribution in [0.2, 0.25) is 6.55 Å². The Labute approximate surface area is 110 Å². The molecule has 0 unspecified atom stereocenters. The lowest BCUT2D eigenvalue weighted by Gasteiger charge is -2.09. The van der Waals surface area contributed by atoms with E-state index in [1.807, 2.05) is 0 Å². The molecule has 0 N–H and O–H groups in total. The van der Waals surface area contributed by atoms with Crippen molar-refractivity contribution in [1.29, 1.82) is 0 Å². The highest BCUT2D eigenvalue weighted by atomic mass is 28.2. The molecule has 0 saturated heterocycles. The van der Waals surface area contributed by atoms with Gasteiger partial charge in [-0.15, -0.1) is 0 Å². The minimum Gasteiger partial charge on any atom is -0.0623 e. The monoisotopic (exact) mass is 248 g/mol. The van der Waals surface area contributed by atoms with Gasteiger partial charge in [-0.05, 0) is 34.0 Å². The summed E-state index contributed by atoms with van der Waals surface area (Å²) in [6.45, 7) is 4.64. The Morgan fingerprint density at radius 1 is 0.833 bits per heavy atom. The zero-order valence-corrected chi connectivity index (χ0v) is 11.8. The summed E-state index contributed by atoms with van der Waals surface area (Å²) in [7, 11) is -0.657. The second-order valence-corrected chi connectivity index (χ2v) is 7.11. The van der Waals surface area contributed by atoms with E-state index in [9.17, 15) is 0 Å². The van der Waals surface area contributed by atoms with E-state index >= 15 is 0 Å². The number of rotatable bonds is 1. The number of hydrogen-bond donors (Lipinski definition) is 0. The second-order valence-electron chi connectivity index (χ2n) is 4.78. The van der Waals surface area contributed by atoms with E-state index < -0.39 is 8.41 Å². The first-order valence-electron chi connectivity index (χ1n) is 6.32. The van der Waals surface area contributed by atoms with E-state index in [4.69, 9.17) is 0 Å². The number of hydrogen-bond acceptors (Lipinski definition) is 0. The number of benzene rings is 2. The molecule has 2 aromatic carbocycles. The summed E-state index contributed by atoms with van der Waals surface area (Å²) in [4.78, 5) is 0. The van der Waals surface area contributed by atoms with Crippen molar-refractivity contribution in [3.63, 3.8) is 0 Å². The molecule has 0 fully saturated rings. The van der Waals surface area contributed by atoms with Crippen molar-refractivity contribution in [1.82, 2.24) is 0 Å². The lowest BCUT2D eigenvalue weighted by molar-refractivity contribution is 1.64. The summed E-state index contributed by atoms with van der Waals surface area (Å²) in [6, 6.07) is 19.6. The van der Waals surface area contributed by atoms with Crippen LogP contribution in [0.1, 0.15) is 18.1 Å². The van der Waals surface area contributed by atoms with Crippen LogP contribution in [0, 0.1) is 0 Å². The van der Waals surface area contributed by atoms with Gasteiger partial charge in [-0.25, -0.2) is 0 Å². The molecule has 88 valence electrons. The fraction of sp³-hybridized carbons (Fsp3) is 0.118. The van der Waals surface area contributed by atoms with Crippen molar-refractivity contribution >= 4 is 24.8 Å². The Kier molecular flexibility index (Phi) is 2.84. The molecule has 0 nitrogen and oxygen atoms in total. The van der Waals surface area contributed by atoms with Gasteiger partial charge in [0.25, 0.3) is 0 Å². The Bertz CT molecular complexity index is 648. The van der Waals surface area contributed by atoms with Gasteiger partial charge in [0.1, 0.15) is 0 Å². The van der Waals surface area contributed by atoms with Crippen LogP contribution in [0.5, 0.6) is 0 Å². The molecular weight excluding hydrogens is 232 g/mol. The van der Waals surface area contributed by atoms with Gasteiger partial charge < -0.3 is 0 Å². The minimum atomic E-state index is -0.657. The fourth-order valence-electron chi connectivity index (χ4n) is 2.70. The van der Waals surface area contributed by atoms with Gasteiger partial charge in [-0.3, -0.25) is 0 Å². The minimum absolute atomic E-state index is 0.657. The molecule has 0 heterocycles. The van der Waals surface area contributed by atoms with E-state index in [-0.39, 0.29) is 0 Å². The third-order valence-electron chi connectivity index (χ3n) is 3.58. The van der Waals surface area contributed by atoms with Gasteiger partial charge in [0, 0.05) is 0 Å². The molecule has 0 spiro atoms. The SMILES string of the molecule is CC1=Cc2ccccc2C1=[Si](C)c1ccccc1. The van der Waals surface area contributed by atoms with Gasteiger partial charge in [0.05, 0.1) is 8.41 Å². The van der Waals surface area contributed by atoms with Crippen LogP contribution < -0.4 is 5.19 Å². The molecule has 3 rings (SSSR count). The van der Waals surface area contributed by atoms with Crippen LogP contribution >= 0.6 is 0 Å². The van der Waals surface area contributed by atoms with Crippen LogP contribution in [-0.2, 0) is 0 Å². The van der Waals surface area contributed by atoms with Gasteiger partial charge >= 0.3 is 0 Å². The summed E-state index contributed by atoms with van der Waals surface area (Å²) in [5, 5.41) is 3.06. The van der Waals surface area contributed by atoms with Crippen LogP contribution in [0.3, 0.4) is 0 Å². The van der Waals surface area contributed by atoms with E-state index in [0.717, 1.165) is 0 Å². The van der Waals surface area contributed by atoms with Gasteiger partial charge in [-0.2, -0.15) is 0 Å². The highest BCUT2D eigenvalue weighted by molar-refractivity contribution is 6.86. The predicted octanol–water partition coefficient (Wildman–Crippen LogP) is 3.24. The van der Waals surface area contributed by atoms with E-state index in [2.05, 4.69) is 74.1 Å². The number of allylic oxidation sites excluding steroid dienone is 1. The molecule has 0 bridgehead atoms. The molecule has 1 aliphatic rings. The smallest absolute Gasteiger partial charge is 0.0523 e. The Hall–Kier alpha value is -1.73. The molecule has 18 heavy (non-hydrogen) atoms. The topological polar surface area (TPSA) is 0 Å². The van der Waals surface area contributed by atoms with Crippen LogP contribution in [0.4, 0.5) is 0 Å². The van der Waals surface area contributed by atoms with Gasteiger partial charge in [0.2, 0.25) is 0 Å². The molecule has 0 atom stereocenters. The first-order chi connectivity index (χ1) is 8.77. The van der Waals surface area contributed by atoms with E-state index in [0.29, 0.717) is 0 Å². The first kappa shape index (κ1) is 11.4. The second kappa shape index (κ2) is 4.50. The average Bonchev–Trinajstić information content (AvgIpc) is 2.75. The lowest BCUT2D eigenvalue weighted by atomic mass is 10.1. The van der Waals surface area contributed by atoms with Crippen LogP contribution in [0.15, 0.2) is 60.2 Å². The normalized spacial score (nSPS) is 16.2. The van der Waals surface area contributed by atoms with E-state index in [1.54, 1.807) is 5.17 Å². The Balaban J connectivity index is 2.21. The van der Waals surface area contributed by atoms with Crippen molar-refractivity contribution < 1.29 is 0 Å². The predicted molar refractivity (Wildman–Crippen MR) is 81.9 cm³/mol. The van der Waals surface area contributed by atoms with Crippen molar-refractivity contribution in [2.24, 2.45) is 0 Å². The highest BCUT2D eigenvalue weighted by Gasteiger charge is 2.17. The molecule has 2 aromatic rings. The summed E-state index contributed by atoms with van der Waals surface area (Å²) >= 11 is 0. The zero-order chi connectivity index (χ0) is 12.5. The summed E-state index contributed by atoms with van der Waals surface area (Å²) in [6.07, 6.45) is 2.32. The maximum Gasteiger partial charge on any atom is 0.0523 e. The summed E-state index contributed by atoms with van der Waals surface area (Å²) < 4.78 is 0. The van der Waals surface area contributed by atoms with Gasteiger partial charge in [-0.1, -0.05) is 67.2 Å². The van der Waals surface area contributed by atoms with Crippen molar-refractivity contribution in [3.8, 4) is 0 Å². The third-order valence-corrected chi connectivity index (χ3v) is 6.19. The summed E-state index contributed by atoms with van der Waals surface area (Å²) in [5.74, 6) is 0. The fourth-order valence-corrected chi connectivity index (χ4v) is 4.98. The quantitative estimate of drug-likeness (QED) is 0.680. The lowest BCUT2D eigenvalue weighted by Crippen LogP contribution is -2.26. The van der Waals surface area contributed by atoms with E-state index in [1.165, 1.54) is 21.9 Å². The van der Waals surface area contributed by atoms with Gasteiger partial charge in [0.15, 0.2) is 0 Å². The number of fused-ring (bicyclic) bond motifs is 1. The Morgan fingerprint density at radius 3 is 2.28 bits per heavy atom. The van der Waals surface area contributed by atoms with Crippen molar-refractivity contribution in [2.75, 3.05) is 0 Å². The maximum absolute atomic E-state index is 2.40. The average molecular weight is 248 g/mol. The van der Waals surface area contributed by atoms with Crippen molar-refractivity contribution in [2.45, 2.75) is 13.5 Å². The molecule has 1 heteroatoms. The molecule has 0 aliphatic heterocycles. The summed E-state index contributed by atoms with van der Waals surface area (Å²) in [5.41, 5.74) is 4.26. The molecule has 0 amide bonds. The van der Waals surface area contributed by atoms with Crippen LogP contribution in [0.25, 0.3) is 6.08 Å². The molecule has 0 saturated carbocycles. The molecule has 1 aliphatic carbocycles. The van der Waals surface area contributed by atoms with Crippen molar-refractivity contribution in [3.05, 3.63) is 71.3 Å². The third kappa shape index (κ3) is 1.81. The zero-order valence-electron chi connectivity index (χ0n) is 10.8. The standard InChI is InChI=1S/C17H16Si/c1-13-12-14-8-6-7-11-16(14)17(13)18(2)15-9-4-3-5-10-15/h3-12H,1-2H3. The molecule has 0 radical (unpaired) electrons. The molecule has 0 aromatic heterocycles.